The van der Waals surface area contributed by atoms with Crippen molar-refractivity contribution in [3.8, 4) is 0 Å². The number of esters is 2. The van der Waals surface area contributed by atoms with Crippen LogP contribution in [0.5, 0.6) is 0 Å². The Labute approximate surface area is 77.5 Å². The van der Waals surface area contributed by atoms with Gasteiger partial charge in [-0.25, -0.2) is 4.79 Å². The molecule has 0 amide bonds. The molecule has 4 nitrogen and oxygen atoms in total. The van der Waals surface area contributed by atoms with E-state index in [1.54, 1.807) is 13.0 Å². The molecule has 0 aromatic heterocycles. The van der Waals surface area contributed by atoms with Crippen LogP contribution in [-0.2, 0) is 19.1 Å². The maximum absolute atomic E-state index is 10.6. The molecule has 4 heteroatoms. The van der Waals surface area contributed by atoms with Crippen LogP contribution in [0, 0.1) is 0 Å². The smallest absolute Gasteiger partial charge is 0.330 e. The Balaban J connectivity index is 3.68. The Hall–Kier alpha value is -1.32. The fraction of sp³-hybridized carbons (Fsp3) is 0.556. The first kappa shape index (κ1) is 11.7. The van der Waals surface area contributed by atoms with Crippen molar-refractivity contribution in [3.63, 3.8) is 0 Å². The average molecular weight is 186 g/mol. The second-order valence-electron chi connectivity index (χ2n) is 2.58. The Morgan fingerprint density at radius 2 is 2.08 bits per heavy atom. The molecule has 0 aromatic carbocycles. The molecule has 1 atom stereocenters. The van der Waals surface area contributed by atoms with Crippen LogP contribution < -0.4 is 0 Å². The summed E-state index contributed by atoms with van der Waals surface area (Å²) in [6.07, 6.45) is 3.21. The van der Waals surface area contributed by atoms with Gasteiger partial charge in [-0.1, -0.05) is 6.08 Å². The van der Waals surface area contributed by atoms with E-state index in [1.807, 2.05) is 0 Å². The molecule has 0 N–H and O–H groups in total. The standard InChI is InChI=1S/C9H14O4/c1-7(13-8(2)10)5-4-6-9(11)12-3/h4,6-7H,5H2,1-3H3/b6-4+. The fourth-order valence-corrected chi connectivity index (χ4v) is 0.755. The monoisotopic (exact) mass is 186 g/mol. The summed E-state index contributed by atoms with van der Waals surface area (Å²) in [5, 5.41) is 0. The lowest BCUT2D eigenvalue weighted by molar-refractivity contribution is -0.145. The topological polar surface area (TPSA) is 52.6 Å². The lowest BCUT2D eigenvalue weighted by atomic mass is 10.2. The molecule has 0 aliphatic heterocycles. The van der Waals surface area contributed by atoms with Gasteiger partial charge in [-0.3, -0.25) is 4.79 Å². The van der Waals surface area contributed by atoms with E-state index in [1.165, 1.54) is 20.1 Å². The number of carbonyl (C=O) groups is 2. The van der Waals surface area contributed by atoms with Gasteiger partial charge >= 0.3 is 11.9 Å². The Kier molecular flexibility index (Phi) is 5.59. The van der Waals surface area contributed by atoms with Crippen LogP contribution in [0.2, 0.25) is 0 Å². The molecule has 74 valence electrons. The lowest BCUT2D eigenvalue weighted by Crippen LogP contribution is -2.10. The predicted molar refractivity (Wildman–Crippen MR) is 47.0 cm³/mol. The van der Waals surface area contributed by atoms with Crippen LogP contribution in [0.4, 0.5) is 0 Å². The Morgan fingerprint density at radius 1 is 1.46 bits per heavy atom. The Bertz CT molecular complexity index is 208. The summed E-state index contributed by atoms with van der Waals surface area (Å²) in [6, 6.07) is 0. The van der Waals surface area contributed by atoms with E-state index < -0.39 is 5.97 Å². The van der Waals surface area contributed by atoms with E-state index in [9.17, 15) is 9.59 Å². The van der Waals surface area contributed by atoms with Crippen LogP contribution >= 0.6 is 0 Å². The largest absolute Gasteiger partial charge is 0.466 e. The van der Waals surface area contributed by atoms with Crippen LogP contribution in [0.3, 0.4) is 0 Å². The second-order valence-corrected chi connectivity index (χ2v) is 2.58. The van der Waals surface area contributed by atoms with Gasteiger partial charge in [0.2, 0.25) is 0 Å². The van der Waals surface area contributed by atoms with E-state index in [2.05, 4.69) is 4.74 Å². The molecule has 0 aliphatic rings. The number of rotatable bonds is 4. The number of hydrogen-bond donors (Lipinski definition) is 0. The second kappa shape index (κ2) is 6.22. The molecule has 0 saturated carbocycles. The van der Waals surface area contributed by atoms with Gasteiger partial charge in [0.1, 0.15) is 6.10 Å². The van der Waals surface area contributed by atoms with Crippen molar-refractivity contribution in [3.05, 3.63) is 12.2 Å². The van der Waals surface area contributed by atoms with Crippen molar-refractivity contribution in [1.29, 1.82) is 0 Å². The zero-order chi connectivity index (χ0) is 10.3. The van der Waals surface area contributed by atoms with Crippen molar-refractivity contribution < 1.29 is 19.1 Å². The highest BCUT2D eigenvalue weighted by atomic mass is 16.5. The van der Waals surface area contributed by atoms with Gasteiger partial charge < -0.3 is 9.47 Å². The van der Waals surface area contributed by atoms with Gasteiger partial charge in [-0.05, 0) is 6.92 Å². The van der Waals surface area contributed by atoms with Gasteiger partial charge in [0.05, 0.1) is 7.11 Å². The SMILES string of the molecule is COC(=O)/C=C/CC(C)OC(C)=O. The molecule has 13 heavy (non-hydrogen) atoms. The summed E-state index contributed by atoms with van der Waals surface area (Å²) < 4.78 is 9.20. The minimum absolute atomic E-state index is 0.210. The summed E-state index contributed by atoms with van der Waals surface area (Å²) in [5.74, 6) is -0.728. The number of methoxy groups -OCH3 is 1. The number of hydrogen-bond acceptors (Lipinski definition) is 4. The van der Waals surface area contributed by atoms with Crippen molar-refractivity contribution >= 4 is 11.9 Å². The summed E-state index contributed by atoms with van der Waals surface area (Å²) in [6.45, 7) is 3.10. The van der Waals surface area contributed by atoms with Crippen molar-refractivity contribution in [2.24, 2.45) is 0 Å². The quantitative estimate of drug-likeness (QED) is 0.486. The van der Waals surface area contributed by atoms with Crippen LogP contribution in [0.1, 0.15) is 20.3 Å². The van der Waals surface area contributed by atoms with Gasteiger partial charge in [0.15, 0.2) is 0 Å². The molecule has 0 fully saturated rings. The molecule has 1 unspecified atom stereocenters. The first-order valence-corrected chi connectivity index (χ1v) is 3.98. The summed E-state index contributed by atoms with van der Waals surface area (Å²) in [7, 11) is 1.31. The highest BCUT2D eigenvalue weighted by Crippen LogP contribution is 1.98. The van der Waals surface area contributed by atoms with E-state index >= 15 is 0 Å². The average Bonchev–Trinajstić information content (AvgIpc) is 2.02. The van der Waals surface area contributed by atoms with Crippen molar-refractivity contribution in [2.45, 2.75) is 26.4 Å². The van der Waals surface area contributed by atoms with Gasteiger partial charge in [0.25, 0.3) is 0 Å². The molecule has 0 rings (SSSR count). The lowest BCUT2D eigenvalue weighted by Gasteiger charge is -2.07. The molecular weight excluding hydrogens is 172 g/mol. The normalized spacial score (nSPS) is 12.5. The minimum atomic E-state index is -0.407. The van der Waals surface area contributed by atoms with Gasteiger partial charge in [0, 0.05) is 19.4 Å². The third-order valence-electron chi connectivity index (χ3n) is 1.29. The van der Waals surface area contributed by atoms with Crippen LogP contribution in [0.25, 0.3) is 0 Å². The van der Waals surface area contributed by atoms with E-state index in [4.69, 9.17) is 4.74 Å². The first-order chi connectivity index (χ1) is 6.06. The number of ether oxygens (including phenoxy) is 2. The summed E-state index contributed by atoms with van der Waals surface area (Å²) >= 11 is 0. The maximum atomic E-state index is 10.6. The molecule has 0 saturated heterocycles. The van der Waals surface area contributed by atoms with Gasteiger partial charge in [-0.2, -0.15) is 0 Å². The maximum Gasteiger partial charge on any atom is 0.330 e. The highest BCUT2D eigenvalue weighted by Gasteiger charge is 2.02. The molecule has 0 aromatic rings. The zero-order valence-corrected chi connectivity index (χ0v) is 8.07. The molecule has 0 bridgehead atoms. The molecule has 0 spiro atoms. The highest BCUT2D eigenvalue weighted by molar-refractivity contribution is 5.81. The van der Waals surface area contributed by atoms with Crippen molar-refractivity contribution in [1.82, 2.24) is 0 Å². The van der Waals surface area contributed by atoms with Crippen LogP contribution in [-0.4, -0.2) is 25.2 Å². The summed E-state index contributed by atoms with van der Waals surface area (Å²) in [4.78, 5) is 21.1. The fourth-order valence-electron chi connectivity index (χ4n) is 0.755. The van der Waals surface area contributed by atoms with Crippen molar-refractivity contribution in [2.75, 3.05) is 7.11 Å². The van der Waals surface area contributed by atoms with Crippen LogP contribution in [0.15, 0.2) is 12.2 Å². The van der Waals surface area contributed by atoms with Gasteiger partial charge in [-0.15, -0.1) is 0 Å². The summed E-state index contributed by atoms with van der Waals surface area (Å²) in [5.41, 5.74) is 0. The molecular formula is C9H14O4. The molecule has 0 aliphatic carbocycles. The molecule has 0 radical (unpaired) electrons. The van der Waals surface area contributed by atoms with E-state index in [0.29, 0.717) is 6.42 Å². The predicted octanol–water partition coefficient (Wildman–Crippen LogP) is 1.06. The first-order valence-electron chi connectivity index (χ1n) is 3.98. The minimum Gasteiger partial charge on any atom is -0.466 e. The van der Waals surface area contributed by atoms with E-state index in [-0.39, 0.29) is 12.1 Å². The number of carbonyl (C=O) groups excluding carboxylic acids is 2. The van der Waals surface area contributed by atoms with E-state index in [0.717, 1.165) is 0 Å². The third-order valence-corrected chi connectivity index (χ3v) is 1.29. The molecule has 0 heterocycles. The third kappa shape index (κ3) is 7.05. The Morgan fingerprint density at radius 3 is 2.54 bits per heavy atom. The zero-order valence-electron chi connectivity index (χ0n) is 8.07.